The van der Waals surface area contributed by atoms with Gasteiger partial charge in [-0.1, -0.05) is 0 Å². The average molecular weight is 1400 g/mol. The van der Waals surface area contributed by atoms with Crippen molar-refractivity contribution in [1.29, 1.82) is 0 Å². The number of carbonyl (C=O) groups is 2. The minimum absolute atomic E-state index is 0.735. The van der Waals surface area contributed by atoms with Gasteiger partial charge in [-0.05, 0) is 0 Å². The summed E-state index contributed by atoms with van der Waals surface area (Å²) in [5.41, 5.74) is 0. The van der Waals surface area contributed by atoms with Crippen LogP contribution in [-0.4, -0.2) is 433 Å². The number of hydrogen-bond donors (Lipinski definition) is 24. The van der Waals surface area contributed by atoms with E-state index < -0.39 is 323 Å². The van der Waals surface area contributed by atoms with Crippen molar-refractivity contribution in [2.75, 3.05) is 52.9 Å². The highest BCUT2D eigenvalue weighted by molar-refractivity contribution is 5.76. The molecular weight excluding hydrogens is 1310 g/mol. The van der Waals surface area contributed by atoms with Gasteiger partial charge in [-0.2, -0.15) is 0 Å². The molecule has 0 amide bonds. The minimum Gasteiger partial charge on any atom is -0.481 e. The van der Waals surface area contributed by atoms with Gasteiger partial charge >= 0.3 is 11.9 Å². The second-order valence-corrected chi connectivity index (χ2v) is 23.9. The maximum absolute atomic E-state index is 12.7. The average Bonchev–Trinajstić information content (AvgIpc) is 0.814. The molecule has 0 aromatic rings. The van der Waals surface area contributed by atoms with E-state index >= 15 is 0 Å². The van der Waals surface area contributed by atoms with Crippen molar-refractivity contribution in [2.45, 2.75) is 258 Å². The van der Waals surface area contributed by atoms with Crippen molar-refractivity contribution in [3.63, 3.8) is 0 Å². The summed E-state index contributed by atoms with van der Waals surface area (Å²) in [5, 5.41) is 266. The molecule has 0 spiro atoms. The summed E-state index contributed by atoms with van der Waals surface area (Å²) < 4.78 is 96.8. The minimum atomic E-state index is -2.37. The lowest BCUT2D eigenvalue weighted by Crippen LogP contribution is -2.69. The highest BCUT2D eigenvalue weighted by Gasteiger charge is 2.60. The molecule has 30 rings (SSSR count). The fourth-order valence-corrected chi connectivity index (χ4v) is 12.3. The molecule has 0 unspecified atom stereocenters. The third-order valence-corrected chi connectivity index (χ3v) is 17.7. The van der Waals surface area contributed by atoms with Gasteiger partial charge in [0.25, 0.3) is 0 Å². The normalized spacial score (nSPS) is 52.0. The van der Waals surface area contributed by atoms with Crippen molar-refractivity contribution in [3.05, 3.63) is 0 Å². The molecule has 16 bridgehead atoms. The van der Waals surface area contributed by atoms with Crippen LogP contribution in [0.3, 0.4) is 0 Å². The van der Waals surface area contributed by atoms with Crippen molar-refractivity contribution in [2.24, 2.45) is 0 Å². The molecule has 24 N–H and O–H groups in total. The van der Waals surface area contributed by atoms with E-state index in [9.17, 15) is 127 Å². The molecule has 95 heavy (non-hydrogen) atoms. The Balaban J connectivity index is 0.996. The Morgan fingerprint density at radius 1 is 0.232 bits per heavy atom. The summed E-state index contributed by atoms with van der Waals surface area (Å²) in [4.78, 5) is 24.0. The number of rotatable bonds is 12. The number of esters is 1. The van der Waals surface area contributed by atoms with Gasteiger partial charge in [-0.15, -0.1) is 0 Å². The fourth-order valence-electron chi connectivity index (χ4n) is 12.3. The van der Waals surface area contributed by atoms with Crippen LogP contribution in [0.25, 0.3) is 0 Å². The first-order valence-electron chi connectivity index (χ1n) is 30.2. The smallest absolute Gasteiger partial charge is 0.306 e. The van der Waals surface area contributed by atoms with E-state index in [0.717, 1.165) is 0 Å². The summed E-state index contributed by atoms with van der Waals surface area (Å²) >= 11 is 0. The van der Waals surface area contributed by atoms with Gasteiger partial charge in [0.1, 0.15) is 202 Å². The third kappa shape index (κ3) is 16.0. The lowest BCUT2D eigenvalue weighted by molar-refractivity contribution is -0.404. The molecule has 0 aromatic carbocycles. The molecule has 0 aromatic heterocycles. The number of aliphatic carboxylic acids is 1. The molecule has 40 atom stereocenters. The fraction of sp³-hybridized carbons (Fsp3) is 0.962. The number of aliphatic hydroxyl groups is 23. The number of carbonyl (C=O) groups excluding carboxylic acids is 1. The van der Waals surface area contributed by atoms with Crippen LogP contribution in [0.1, 0.15) is 12.8 Å². The zero-order valence-electron chi connectivity index (χ0n) is 49.7. The maximum Gasteiger partial charge on any atom is 0.306 e. The van der Waals surface area contributed by atoms with E-state index in [4.69, 9.17) is 85.6 Å². The van der Waals surface area contributed by atoms with E-state index in [0.29, 0.717) is 0 Å². The number of carboxylic acid groups (broad SMARTS) is 1. The topological polar surface area (TPSA) is 677 Å². The van der Waals surface area contributed by atoms with E-state index in [1.54, 1.807) is 0 Å². The van der Waals surface area contributed by atoms with Crippen molar-refractivity contribution >= 4 is 11.9 Å². The van der Waals surface area contributed by atoms with Gasteiger partial charge in [-0.3, -0.25) is 9.59 Å². The van der Waals surface area contributed by atoms with Crippen LogP contribution in [0, 0.1) is 0 Å². The van der Waals surface area contributed by atoms with Crippen LogP contribution in [0.15, 0.2) is 0 Å². The summed E-state index contributed by atoms with van der Waals surface area (Å²) in [6.07, 6.45) is -85.9. The van der Waals surface area contributed by atoms with Gasteiger partial charge < -0.3 is 203 Å². The van der Waals surface area contributed by atoms with Crippen LogP contribution < -0.4 is 0 Å². The Hall–Kier alpha value is -2.62. The van der Waals surface area contributed by atoms with Crippen LogP contribution in [0.5, 0.6) is 0 Å². The Kier molecular flexibility index (Phi) is 26.6. The molecular formula is C52H84O43. The van der Waals surface area contributed by atoms with Crippen molar-refractivity contribution in [3.8, 4) is 0 Å². The largest absolute Gasteiger partial charge is 0.481 e. The maximum atomic E-state index is 12.7. The summed E-state index contributed by atoms with van der Waals surface area (Å²) in [5.74, 6) is -2.61. The lowest BCUT2D eigenvalue weighted by atomic mass is 9.94. The molecule has 0 saturated carbocycles. The van der Waals surface area contributed by atoms with Gasteiger partial charge in [0.2, 0.25) is 0 Å². The van der Waals surface area contributed by atoms with E-state index in [2.05, 4.69) is 0 Å². The zero-order valence-corrected chi connectivity index (χ0v) is 49.7. The summed E-state index contributed by atoms with van der Waals surface area (Å²) in [6, 6.07) is 0. The monoisotopic (exact) mass is 1400 g/mol. The molecule has 30 aliphatic heterocycles. The molecule has 30 saturated heterocycles. The molecule has 43 heteroatoms. The Bertz CT molecular complexity index is 2390. The first-order valence-corrected chi connectivity index (χ1v) is 30.2. The van der Waals surface area contributed by atoms with Gasteiger partial charge in [0.05, 0.1) is 59.1 Å². The molecule has 43 nitrogen and oxygen atoms in total. The van der Waals surface area contributed by atoms with Crippen molar-refractivity contribution < 1.29 is 213 Å². The summed E-state index contributed by atoms with van der Waals surface area (Å²) in [7, 11) is 0. The molecule has 0 radical (unpaired) electrons. The second-order valence-electron chi connectivity index (χ2n) is 23.9. The third-order valence-electron chi connectivity index (χ3n) is 17.7. The molecule has 0 aliphatic carbocycles. The van der Waals surface area contributed by atoms with Gasteiger partial charge in [-0.25, -0.2) is 0 Å². The Morgan fingerprint density at radius 2 is 0.389 bits per heavy atom. The van der Waals surface area contributed by atoms with Crippen molar-refractivity contribution in [1.82, 2.24) is 0 Å². The SMILES string of the molecule is O=C(O)CCC(=O)OC[C@H]1O[C@@H]2O[C@H]3[C@H](O)[C@@H](O)[C@@H](O[C@H]4[C@H](O)[C@@H](O)[C@@H](O[C@H]5[C@H](O)[C@@H](O)[C@@H](O[C@H]6[C@H](O)[C@H](O)[C@@H](O[C@H]7[C@H](O)[C@@H](O)[C@@H](O[C@H]8[C@H](O)[C@@H](O)[C@@H](O[C@H]9[C@H](O)[C@@H](O)[C@@H](O[C@H]1[C@H](O)[C@H]2O)O[C@@H]9CO)O[C@@H]8CO)O[C@@H]7CO)O[C@@H]6CO)O[C@@H]5CO)O[C@@H]4CO)O[C@@H]3CO. The van der Waals surface area contributed by atoms with Crippen LogP contribution >= 0.6 is 0 Å². The first kappa shape index (κ1) is 76.6. The highest BCUT2D eigenvalue weighted by Crippen LogP contribution is 2.40. The molecule has 30 heterocycles. The quantitative estimate of drug-likeness (QED) is 0.0807. The van der Waals surface area contributed by atoms with E-state index in [-0.39, 0.29) is 0 Å². The van der Waals surface area contributed by atoms with Gasteiger partial charge in [0.15, 0.2) is 50.3 Å². The lowest BCUT2D eigenvalue weighted by Gasteiger charge is -2.50. The Labute approximate surface area is 535 Å². The highest BCUT2D eigenvalue weighted by atomic mass is 16.8. The molecule has 30 fully saturated rings. The van der Waals surface area contributed by atoms with Crippen LogP contribution in [0.4, 0.5) is 0 Å². The zero-order chi connectivity index (χ0) is 69.3. The van der Waals surface area contributed by atoms with Crippen LogP contribution in [0.2, 0.25) is 0 Å². The second kappa shape index (κ2) is 33.0. The molecule has 30 aliphatic rings. The predicted molar refractivity (Wildman–Crippen MR) is 282 cm³/mol. The number of hydrogen-bond acceptors (Lipinski definition) is 42. The van der Waals surface area contributed by atoms with Gasteiger partial charge in [0, 0.05) is 0 Å². The summed E-state index contributed by atoms with van der Waals surface area (Å²) in [6.45, 7) is -8.86. The number of carboxylic acids is 1. The Morgan fingerprint density at radius 3 is 0.547 bits per heavy atom. The van der Waals surface area contributed by atoms with E-state index in [1.165, 1.54) is 0 Å². The predicted octanol–water partition coefficient (Wildman–Crippen LogP) is -17.0. The standard InChI is InChI=1S/C52H84O43/c53-3-11-37-21(63)29(71)45(80-11)89-38-12(4-54)82-47(31(73)23(38)65)91-40-14(6-56)84-49(33(75)25(40)67)93-42-16(8-58)86-51(35(77)27(42)69)95-44-18(10-79-20(62)2-1-19(60)61)87-52(36(78)28(44)70)94-43-17(9-59)85-50(34(76)26(43)68)92-41-15(7-57)83-48(32(74)24(41)66)90-39-13(5-55)81-46(88-37)30(72)22(39)64/h11-18,21-59,63-78H,1-10H2,(H,60,61)/t11-,12-,13-,14-,15-,16-,17-,18-,21-,22-,23-,24-,25-,26-,27-,28-,29+,30-,31-,32-,33-,34-,35-,36-,37-,38-,39-,40-,41-,42-,43-,44-,45-,46-,47-,48-,49-,50-,51-,52-/m1/s1. The van der Waals surface area contributed by atoms with Crippen LogP contribution in [-0.2, 0) is 90.1 Å². The number of ether oxygens (including phenoxy) is 17. The number of aliphatic hydroxyl groups excluding tert-OH is 23. The van der Waals surface area contributed by atoms with E-state index in [1.807, 2.05) is 0 Å². The first-order chi connectivity index (χ1) is 45.1. The molecule has 550 valence electrons.